The Balaban J connectivity index is 2.09. The molecule has 0 spiro atoms. The maximum absolute atomic E-state index is 12.8. The van der Waals surface area contributed by atoms with E-state index in [-0.39, 0.29) is 16.0 Å². The molecule has 0 amide bonds. The zero-order valence-corrected chi connectivity index (χ0v) is 13.1. The van der Waals surface area contributed by atoms with Gasteiger partial charge in [0.25, 0.3) is 10.0 Å². The summed E-state index contributed by atoms with van der Waals surface area (Å²) >= 11 is 5.73. The monoisotopic (exact) mass is 322 g/mol. The third-order valence-electron chi connectivity index (χ3n) is 3.59. The van der Waals surface area contributed by atoms with Crippen molar-refractivity contribution in [2.75, 3.05) is 10.8 Å². The van der Waals surface area contributed by atoms with Crippen molar-refractivity contribution < 1.29 is 8.42 Å². The average molecular weight is 323 g/mol. The Bertz CT molecular complexity index is 759. The lowest BCUT2D eigenvalue weighted by Crippen LogP contribution is -2.39. The van der Waals surface area contributed by atoms with Crippen LogP contribution in [0.5, 0.6) is 0 Å². The summed E-state index contributed by atoms with van der Waals surface area (Å²) in [5.74, 6) is 0.273. The molecule has 6 heteroatoms. The van der Waals surface area contributed by atoms with E-state index in [4.69, 9.17) is 11.6 Å². The molecular formula is C15H15ClN2O2S. The van der Waals surface area contributed by atoms with Crippen LogP contribution in [0.3, 0.4) is 0 Å². The number of rotatable bonds is 2. The minimum atomic E-state index is -3.61. The quantitative estimate of drug-likeness (QED) is 0.798. The summed E-state index contributed by atoms with van der Waals surface area (Å²) in [4.78, 5) is 4.04. The van der Waals surface area contributed by atoms with Gasteiger partial charge in [-0.2, -0.15) is 0 Å². The van der Waals surface area contributed by atoms with Crippen LogP contribution in [0, 0.1) is 5.92 Å². The zero-order chi connectivity index (χ0) is 15.0. The first-order chi connectivity index (χ1) is 9.98. The first-order valence-electron chi connectivity index (χ1n) is 6.70. The number of nitrogens with zero attached hydrogens (tertiary/aromatic N) is 2. The number of pyridine rings is 1. The van der Waals surface area contributed by atoms with Gasteiger partial charge in [0.2, 0.25) is 0 Å². The van der Waals surface area contributed by atoms with Gasteiger partial charge in [0.15, 0.2) is 0 Å². The van der Waals surface area contributed by atoms with Crippen molar-refractivity contribution in [1.29, 1.82) is 0 Å². The highest BCUT2D eigenvalue weighted by molar-refractivity contribution is 7.92. The molecule has 0 saturated carbocycles. The number of hydrogen-bond acceptors (Lipinski definition) is 3. The van der Waals surface area contributed by atoms with Gasteiger partial charge in [0.1, 0.15) is 10.0 Å². The van der Waals surface area contributed by atoms with Crippen LogP contribution in [0.25, 0.3) is 0 Å². The molecular weight excluding hydrogens is 308 g/mol. The Hall–Kier alpha value is -1.59. The lowest BCUT2D eigenvalue weighted by atomic mass is 9.96. The smallest absolute Gasteiger partial charge is 0.265 e. The molecule has 1 aromatic carbocycles. The van der Waals surface area contributed by atoms with E-state index in [1.54, 1.807) is 0 Å². The van der Waals surface area contributed by atoms with Crippen LogP contribution in [0.4, 0.5) is 5.69 Å². The Kier molecular flexibility index (Phi) is 3.63. The van der Waals surface area contributed by atoms with E-state index in [1.807, 2.05) is 24.3 Å². The molecule has 0 fully saturated rings. The van der Waals surface area contributed by atoms with Gasteiger partial charge in [-0.25, -0.2) is 13.4 Å². The first-order valence-corrected chi connectivity index (χ1v) is 8.52. The standard InChI is InChI=1S/C15H15ClN2O2S/c1-11-8-12-4-2-3-5-14(12)18(10-11)21(19,20)13-6-7-15(16)17-9-13/h2-7,9,11H,8,10H2,1H3. The summed E-state index contributed by atoms with van der Waals surface area (Å²) < 4.78 is 27.2. The largest absolute Gasteiger partial charge is 0.266 e. The highest BCUT2D eigenvalue weighted by Crippen LogP contribution is 2.33. The van der Waals surface area contributed by atoms with E-state index >= 15 is 0 Å². The van der Waals surface area contributed by atoms with E-state index in [0.717, 1.165) is 17.7 Å². The van der Waals surface area contributed by atoms with Crippen molar-refractivity contribution in [3.05, 3.63) is 53.3 Å². The second-order valence-corrected chi connectivity index (χ2v) is 7.54. The molecule has 3 rings (SSSR count). The topological polar surface area (TPSA) is 50.3 Å². The number of halogens is 1. The number of para-hydroxylation sites is 1. The van der Waals surface area contributed by atoms with E-state index < -0.39 is 10.0 Å². The number of benzene rings is 1. The maximum Gasteiger partial charge on any atom is 0.265 e. The minimum Gasteiger partial charge on any atom is -0.266 e. The molecule has 0 saturated heterocycles. The SMILES string of the molecule is CC1Cc2ccccc2N(S(=O)(=O)c2ccc(Cl)nc2)C1. The van der Waals surface area contributed by atoms with Crippen molar-refractivity contribution in [2.24, 2.45) is 5.92 Å². The predicted octanol–water partition coefficient (Wildman–Crippen LogP) is 3.12. The summed E-state index contributed by atoms with van der Waals surface area (Å²) in [7, 11) is -3.61. The first kappa shape index (κ1) is 14.4. The van der Waals surface area contributed by atoms with Gasteiger partial charge in [-0.15, -0.1) is 0 Å². The Morgan fingerprint density at radius 2 is 2.00 bits per heavy atom. The van der Waals surface area contributed by atoms with Crippen LogP contribution in [-0.2, 0) is 16.4 Å². The van der Waals surface area contributed by atoms with E-state index in [9.17, 15) is 8.42 Å². The summed E-state index contributed by atoms with van der Waals surface area (Å²) in [6.07, 6.45) is 2.20. The van der Waals surface area contributed by atoms with Gasteiger partial charge < -0.3 is 0 Å². The van der Waals surface area contributed by atoms with E-state index in [0.29, 0.717) is 6.54 Å². The van der Waals surface area contributed by atoms with Gasteiger partial charge in [0.05, 0.1) is 5.69 Å². The lowest BCUT2D eigenvalue weighted by molar-refractivity contribution is 0.544. The molecule has 1 aliphatic heterocycles. The fourth-order valence-electron chi connectivity index (χ4n) is 2.62. The molecule has 0 aliphatic carbocycles. The van der Waals surface area contributed by atoms with Crippen LogP contribution in [0.1, 0.15) is 12.5 Å². The van der Waals surface area contributed by atoms with E-state index in [2.05, 4.69) is 11.9 Å². The number of anilines is 1. The summed E-state index contributed by atoms with van der Waals surface area (Å²) in [5, 5.41) is 0.279. The van der Waals surface area contributed by atoms with Gasteiger partial charge >= 0.3 is 0 Å². The molecule has 1 atom stereocenters. The van der Waals surface area contributed by atoms with Crippen LogP contribution in [0.2, 0.25) is 5.15 Å². The van der Waals surface area contributed by atoms with Crippen LogP contribution < -0.4 is 4.31 Å². The summed E-state index contributed by atoms with van der Waals surface area (Å²) in [6.45, 7) is 2.53. The van der Waals surface area contributed by atoms with Crippen molar-refractivity contribution >= 4 is 27.3 Å². The van der Waals surface area contributed by atoms with Crippen molar-refractivity contribution in [3.8, 4) is 0 Å². The molecule has 0 bridgehead atoms. The molecule has 2 heterocycles. The zero-order valence-electron chi connectivity index (χ0n) is 11.5. The van der Waals surface area contributed by atoms with Crippen LogP contribution >= 0.6 is 11.6 Å². The number of aromatic nitrogens is 1. The van der Waals surface area contributed by atoms with Gasteiger partial charge in [0, 0.05) is 12.7 Å². The Morgan fingerprint density at radius 1 is 1.24 bits per heavy atom. The van der Waals surface area contributed by atoms with E-state index in [1.165, 1.54) is 22.6 Å². The molecule has 0 N–H and O–H groups in total. The predicted molar refractivity (Wildman–Crippen MR) is 83.1 cm³/mol. The summed E-state index contributed by atoms with van der Waals surface area (Å²) in [5.41, 5.74) is 1.81. The van der Waals surface area contributed by atoms with Crippen molar-refractivity contribution in [2.45, 2.75) is 18.2 Å². The molecule has 0 radical (unpaired) electrons. The fraction of sp³-hybridized carbons (Fsp3) is 0.267. The van der Waals surface area contributed by atoms with Crippen LogP contribution in [0.15, 0.2) is 47.5 Å². The Morgan fingerprint density at radius 3 is 2.71 bits per heavy atom. The number of hydrogen-bond donors (Lipinski definition) is 0. The highest BCUT2D eigenvalue weighted by Gasteiger charge is 2.31. The van der Waals surface area contributed by atoms with Crippen molar-refractivity contribution in [1.82, 2.24) is 4.98 Å². The Labute approximate surface area is 129 Å². The number of fused-ring (bicyclic) bond motifs is 1. The molecule has 1 aromatic heterocycles. The lowest BCUT2D eigenvalue weighted by Gasteiger charge is -2.33. The molecule has 21 heavy (non-hydrogen) atoms. The average Bonchev–Trinajstić information content (AvgIpc) is 2.46. The van der Waals surface area contributed by atoms with Gasteiger partial charge in [-0.3, -0.25) is 4.31 Å². The maximum atomic E-state index is 12.8. The molecule has 2 aromatic rings. The third-order valence-corrected chi connectivity index (χ3v) is 5.58. The van der Waals surface area contributed by atoms with Gasteiger partial charge in [-0.05, 0) is 36.1 Å². The molecule has 4 nitrogen and oxygen atoms in total. The fourth-order valence-corrected chi connectivity index (χ4v) is 4.30. The van der Waals surface area contributed by atoms with Crippen LogP contribution in [-0.4, -0.2) is 19.9 Å². The van der Waals surface area contributed by atoms with Crippen molar-refractivity contribution in [3.63, 3.8) is 0 Å². The molecule has 1 aliphatic rings. The normalized spacial score (nSPS) is 18.4. The molecule has 1 unspecified atom stereocenters. The molecule has 110 valence electrons. The highest BCUT2D eigenvalue weighted by atomic mass is 35.5. The number of sulfonamides is 1. The third kappa shape index (κ3) is 2.63. The second kappa shape index (κ2) is 5.31. The minimum absolute atomic E-state index is 0.163. The summed E-state index contributed by atoms with van der Waals surface area (Å²) in [6, 6.07) is 10.6. The second-order valence-electron chi connectivity index (χ2n) is 5.29. The van der Waals surface area contributed by atoms with Gasteiger partial charge in [-0.1, -0.05) is 36.7 Å².